The smallest absolute Gasteiger partial charge is 0.408 e. The predicted molar refractivity (Wildman–Crippen MR) is 69.7 cm³/mol. The molecule has 0 aliphatic heterocycles. The first-order valence-electron chi connectivity index (χ1n) is 4.86. The summed E-state index contributed by atoms with van der Waals surface area (Å²) in [7, 11) is 0. The summed E-state index contributed by atoms with van der Waals surface area (Å²) < 4.78 is 6.10. The maximum Gasteiger partial charge on any atom is 0.417 e. The maximum atomic E-state index is 11.1. The minimum Gasteiger partial charge on any atom is -0.408 e. The quantitative estimate of drug-likeness (QED) is 0.698. The number of fused-ring (bicyclic) bond motifs is 1. The van der Waals surface area contributed by atoms with Crippen LogP contribution in [-0.4, -0.2) is 4.98 Å². The molecule has 0 radical (unpaired) electrons. The SMILES string of the molecule is Nc1cc2oc(=O)[nH]c2cc1Sc1cccs1. The molecule has 0 atom stereocenters. The Morgan fingerprint density at radius 2 is 2.29 bits per heavy atom. The van der Waals surface area contributed by atoms with Gasteiger partial charge in [-0.1, -0.05) is 17.8 Å². The Morgan fingerprint density at radius 3 is 3.06 bits per heavy atom. The van der Waals surface area contributed by atoms with Crippen molar-refractivity contribution in [1.29, 1.82) is 0 Å². The molecule has 1 aromatic carbocycles. The van der Waals surface area contributed by atoms with E-state index in [9.17, 15) is 4.79 Å². The summed E-state index contributed by atoms with van der Waals surface area (Å²) in [5, 5.41) is 2.01. The summed E-state index contributed by atoms with van der Waals surface area (Å²) in [4.78, 5) is 14.6. The van der Waals surface area contributed by atoms with Crippen LogP contribution in [0.15, 0.2) is 48.0 Å². The van der Waals surface area contributed by atoms with E-state index < -0.39 is 5.76 Å². The molecule has 0 saturated carbocycles. The summed E-state index contributed by atoms with van der Waals surface area (Å²) in [6.07, 6.45) is 0. The fraction of sp³-hybridized carbons (Fsp3) is 0. The number of rotatable bonds is 2. The van der Waals surface area contributed by atoms with Crippen molar-refractivity contribution in [3.63, 3.8) is 0 Å². The van der Waals surface area contributed by atoms with Crippen molar-refractivity contribution in [2.24, 2.45) is 0 Å². The Morgan fingerprint density at radius 1 is 1.41 bits per heavy atom. The second-order valence-corrected chi connectivity index (χ2v) is 5.72. The van der Waals surface area contributed by atoms with Crippen molar-refractivity contribution in [1.82, 2.24) is 4.98 Å². The molecular weight excluding hydrogens is 256 g/mol. The molecule has 0 bridgehead atoms. The van der Waals surface area contributed by atoms with Gasteiger partial charge in [0.15, 0.2) is 5.58 Å². The topological polar surface area (TPSA) is 72.0 Å². The van der Waals surface area contributed by atoms with Crippen LogP contribution in [0.2, 0.25) is 0 Å². The second kappa shape index (κ2) is 3.97. The van der Waals surface area contributed by atoms with Gasteiger partial charge in [0.1, 0.15) is 0 Å². The monoisotopic (exact) mass is 264 g/mol. The van der Waals surface area contributed by atoms with Gasteiger partial charge >= 0.3 is 5.76 Å². The molecular formula is C11H8N2O2S2. The maximum absolute atomic E-state index is 11.1. The van der Waals surface area contributed by atoms with Crippen molar-refractivity contribution < 1.29 is 4.42 Å². The van der Waals surface area contributed by atoms with Crippen molar-refractivity contribution >= 4 is 39.9 Å². The van der Waals surface area contributed by atoms with E-state index in [-0.39, 0.29) is 0 Å². The highest BCUT2D eigenvalue weighted by atomic mass is 32.2. The fourth-order valence-corrected chi connectivity index (χ4v) is 3.31. The Balaban J connectivity index is 2.09. The van der Waals surface area contributed by atoms with Gasteiger partial charge in [-0.05, 0) is 17.5 Å². The van der Waals surface area contributed by atoms with Gasteiger partial charge in [-0.2, -0.15) is 0 Å². The van der Waals surface area contributed by atoms with Crippen LogP contribution in [0.25, 0.3) is 11.1 Å². The highest BCUT2D eigenvalue weighted by molar-refractivity contribution is 8.01. The highest BCUT2D eigenvalue weighted by Gasteiger charge is 2.08. The molecule has 0 fully saturated rings. The third-order valence-electron chi connectivity index (χ3n) is 2.26. The van der Waals surface area contributed by atoms with Crippen molar-refractivity contribution in [3.05, 3.63) is 40.2 Å². The molecule has 0 spiro atoms. The number of hydrogen-bond acceptors (Lipinski definition) is 5. The lowest BCUT2D eigenvalue weighted by molar-refractivity contribution is 0.555. The Labute approximate surface area is 104 Å². The van der Waals surface area contributed by atoms with Gasteiger partial charge in [0.25, 0.3) is 0 Å². The van der Waals surface area contributed by atoms with Gasteiger partial charge in [-0.15, -0.1) is 11.3 Å². The standard InChI is InChI=1S/C11H8N2O2S2/c12-6-4-8-7(13-11(14)15-8)5-9(6)17-10-2-1-3-16-10/h1-5H,12H2,(H,13,14). The molecule has 0 aliphatic rings. The summed E-state index contributed by atoms with van der Waals surface area (Å²) in [5.74, 6) is -0.460. The molecule has 6 heteroatoms. The second-order valence-electron chi connectivity index (χ2n) is 3.43. The van der Waals surface area contributed by atoms with E-state index in [2.05, 4.69) is 4.98 Å². The van der Waals surface area contributed by atoms with Gasteiger partial charge in [0, 0.05) is 16.6 Å². The van der Waals surface area contributed by atoms with E-state index in [0.717, 1.165) is 9.10 Å². The van der Waals surface area contributed by atoms with Gasteiger partial charge in [-0.3, -0.25) is 4.98 Å². The van der Waals surface area contributed by atoms with Crippen LogP contribution in [0, 0.1) is 0 Å². The number of nitrogen functional groups attached to an aromatic ring is 1. The van der Waals surface area contributed by atoms with E-state index in [1.807, 2.05) is 23.6 Å². The average Bonchev–Trinajstić information content (AvgIpc) is 2.87. The van der Waals surface area contributed by atoms with Crippen LogP contribution in [0.4, 0.5) is 5.69 Å². The third kappa shape index (κ3) is 1.96. The zero-order valence-corrected chi connectivity index (χ0v) is 10.2. The number of thiophene rings is 1. The number of aromatic amines is 1. The molecule has 4 nitrogen and oxygen atoms in total. The number of oxazole rings is 1. The molecule has 0 saturated heterocycles. The molecule has 0 aliphatic carbocycles. The first-order chi connectivity index (χ1) is 8.22. The first-order valence-corrected chi connectivity index (χ1v) is 6.56. The highest BCUT2D eigenvalue weighted by Crippen LogP contribution is 2.36. The van der Waals surface area contributed by atoms with E-state index in [1.54, 1.807) is 29.2 Å². The van der Waals surface area contributed by atoms with Crippen LogP contribution in [-0.2, 0) is 0 Å². The summed E-state index contributed by atoms with van der Waals surface area (Å²) in [5.41, 5.74) is 7.69. The van der Waals surface area contributed by atoms with Crippen LogP contribution in [0.1, 0.15) is 0 Å². The molecule has 2 aromatic heterocycles. The Bertz CT molecular complexity index is 713. The zero-order valence-electron chi connectivity index (χ0n) is 8.60. The molecule has 86 valence electrons. The lowest BCUT2D eigenvalue weighted by atomic mass is 10.3. The number of H-pyrrole nitrogens is 1. The lowest BCUT2D eigenvalue weighted by Gasteiger charge is -2.02. The minimum atomic E-state index is -0.460. The van der Waals surface area contributed by atoms with E-state index in [4.69, 9.17) is 10.2 Å². The van der Waals surface area contributed by atoms with Crippen molar-refractivity contribution in [2.75, 3.05) is 5.73 Å². The molecule has 3 rings (SSSR count). The predicted octanol–water partition coefficient (Wildman–Crippen LogP) is 2.92. The molecule has 0 unspecified atom stereocenters. The van der Waals surface area contributed by atoms with Crippen LogP contribution < -0.4 is 11.5 Å². The average molecular weight is 264 g/mol. The summed E-state index contributed by atoms with van der Waals surface area (Å²) >= 11 is 3.22. The molecule has 3 aromatic rings. The fourth-order valence-electron chi connectivity index (χ4n) is 1.51. The van der Waals surface area contributed by atoms with Gasteiger partial charge in [0.05, 0.1) is 9.73 Å². The largest absolute Gasteiger partial charge is 0.417 e. The van der Waals surface area contributed by atoms with Gasteiger partial charge < -0.3 is 10.2 Å². The molecule has 0 amide bonds. The summed E-state index contributed by atoms with van der Waals surface area (Å²) in [6.45, 7) is 0. The van der Waals surface area contributed by atoms with E-state index >= 15 is 0 Å². The number of aromatic nitrogens is 1. The number of nitrogens with one attached hydrogen (secondary N) is 1. The Hall–Kier alpha value is -1.66. The number of hydrogen-bond donors (Lipinski definition) is 2. The normalized spacial score (nSPS) is 11.1. The van der Waals surface area contributed by atoms with Crippen molar-refractivity contribution in [2.45, 2.75) is 9.10 Å². The van der Waals surface area contributed by atoms with Crippen LogP contribution in [0.5, 0.6) is 0 Å². The molecule has 2 heterocycles. The number of anilines is 1. The first kappa shape index (κ1) is 10.5. The third-order valence-corrected chi connectivity index (χ3v) is 4.37. The number of nitrogens with two attached hydrogens (primary N) is 1. The number of benzene rings is 1. The van der Waals surface area contributed by atoms with Gasteiger partial charge in [0.2, 0.25) is 0 Å². The molecule has 3 N–H and O–H groups in total. The van der Waals surface area contributed by atoms with E-state index in [1.165, 1.54) is 0 Å². The van der Waals surface area contributed by atoms with Crippen LogP contribution in [0.3, 0.4) is 0 Å². The minimum absolute atomic E-state index is 0.460. The molecule has 17 heavy (non-hydrogen) atoms. The van der Waals surface area contributed by atoms with E-state index in [0.29, 0.717) is 16.8 Å². The van der Waals surface area contributed by atoms with Crippen LogP contribution >= 0.6 is 23.1 Å². The van der Waals surface area contributed by atoms with Crippen molar-refractivity contribution in [3.8, 4) is 0 Å². The Kier molecular flexibility index (Phi) is 2.45. The zero-order chi connectivity index (χ0) is 11.8. The van der Waals surface area contributed by atoms with Gasteiger partial charge in [-0.25, -0.2) is 4.79 Å². The summed E-state index contributed by atoms with van der Waals surface area (Å²) in [6, 6.07) is 7.52. The lowest BCUT2D eigenvalue weighted by Crippen LogP contribution is -1.92.